The molecular weight excluding hydrogens is 186 g/mol. The molecule has 82 valence electrons. The summed E-state index contributed by atoms with van der Waals surface area (Å²) in [4.78, 5) is 10.4. The second-order valence-corrected chi connectivity index (χ2v) is 4.55. The third-order valence-electron chi connectivity index (χ3n) is 2.46. The van der Waals surface area contributed by atoms with Gasteiger partial charge >= 0.3 is 0 Å². The minimum atomic E-state index is 0.0949. The highest BCUT2D eigenvalue weighted by molar-refractivity contribution is 5.87. The Balaban J connectivity index is 3.13. The summed E-state index contributed by atoms with van der Waals surface area (Å²) in [6, 6.07) is 2.02. The van der Waals surface area contributed by atoms with Crippen LogP contribution in [0.25, 0.3) is 0 Å². The van der Waals surface area contributed by atoms with E-state index in [1.54, 1.807) is 7.05 Å². The van der Waals surface area contributed by atoms with Crippen molar-refractivity contribution in [1.29, 1.82) is 0 Å². The van der Waals surface area contributed by atoms with Crippen molar-refractivity contribution in [1.82, 2.24) is 4.98 Å². The van der Waals surface area contributed by atoms with E-state index in [4.69, 9.17) is 0 Å². The third kappa shape index (κ3) is 2.78. The summed E-state index contributed by atoms with van der Waals surface area (Å²) in [6.07, 6.45) is 5.49. The minimum absolute atomic E-state index is 0.0949. The van der Waals surface area contributed by atoms with Crippen LogP contribution in [0.4, 0.5) is 5.69 Å². The van der Waals surface area contributed by atoms with Crippen LogP contribution in [0, 0.1) is 0 Å². The average molecular weight is 205 g/mol. The molecule has 3 heteroatoms. The van der Waals surface area contributed by atoms with Crippen molar-refractivity contribution in [3.8, 4) is 0 Å². The Labute approximate surface area is 91.9 Å². The first kappa shape index (κ1) is 11.7. The van der Waals surface area contributed by atoms with Crippen molar-refractivity contribution < 1.29 is 0 Å². The number of aromatic nitrogens is 1. The summed E-state index contributed by atoms with van der Waals surface area (Å²) in [5.41, 5.74) is 2.30. The first-order chi connectivity index (χ1) is 6.96. The molecule has 0 amide bonds. The van der Waals surface area contributed by atoms with E-state index in [-0.39, 0.29) is 5.54 Å². The molecule has 1 rings (SSSR count). The van der Waals surface area contributed by atoms with Crippen molar-refractivity contribution in [2.24, 2.45) is 4.99 Å². The predicted octanol–water partition coefficient (Wildman–Crippen LogP) is 2.37. The maximum atomic E-state index is 4.11. The van der Waals surface area contributed by atoms with Gasteiger partial charge in [0.25, 0.3) is 0 Å². The normalized spacial score (nSPS) is 12.1. The number of nitrogens with zero attached hydrogens (tertiary/aromatic N) is 3. The summed E-state index contributed by atoms with van der Waals surface area (Å²) in [5.74, 6) is 0. The second-order valence-electron chi connectivity index (χ2n) is 4.55. The van der Waals surface area contributed by atoms with E-state index in [1.165, 1.54) is 0 Å². The van der Waals surface area contributed by atoms with Crippen molar-refractivity contribution >= 4 is 11.9 Å². The quantitative estimate of drug-likeness (QED) is 0.693. The van der Waals surface area contributed by atoms with Crippen LogP contribution in [0.2, 0.25) is 0 Å². The Morgan fingerprint density at radius 3 is 2.60 bits per heavy atom. The standard InChI is InChI=1S/C12H19N3/c1-12(2,3)15(5)11-6-7-14-9-10(11)8-13-4/h6-9H,1-5H3. The Hall–Kier alpha value is -1.38. The molecule has 15 heavy (non-hydrogen) atoms. The molecule has 0 spiro atoms. The van der Waals surface area contributed by atoms with Crippen LogP contribution in [0.3, 0.4) is 0 Å². The fraction of sp³-hybridized carbons (Fsp3) is 0.500. The second kappa shape index (κ2) is 4.43. The molecule has 0 bridgehead atoms. The monoisotopic (exact) mass is 205 g/mol. The SMILES string of the molecule is CN=Cc1cnccc1N(C)C(C)(C)C. The van der Waals surface area contributed by atoms with E-state index in [0.29, 0.717) is 0 Å². The van der Waals surface area contributed by atoms with Gasteiger partial charge in [-0.2, -0.15) is 0 Å². The summed E-state index contributed by atoms with van der Waals surface area (Å²) in [5, 5.41) is 0. The van der Waals surface area contributed by atoms with Crippen molar-refractivity contribution in [3.05, 3.63) is 24.0 Å². The summed E-state index contributed by atoms with van der Waals surface area (Å²) < 4.78 is 0. The van der Waals surface area contributed by atoms with Gasteiger partial charge in [-0.15, -0.1) is 0 Å². The van der Waals surface area contributed by atoms with Crippen LogP contribution in [0.15, 0.2) is 23.5 Å². The van der Waals surface area contributed by atoms with E-state index in [0.717, 1.165) is 11.3 Å². The molecule has 0 atom stereocenters. The molecule has 0 saturated heterocycles. The van der Waals surface area contributed by atoms with Gasteiger partial charge in [0.05, 0.1) is 0 Å². The van der Waals surface area contributed by atoms with Gasteiger partial charge in [0.15, 0.2) is 0 Å². The van der Waals surface area contributed by atoms with Crippen molar-refractivity contribution in [2.45, 2.75) is 26.3 Å². The Morgan fingerprint density at radius 2 is 2.07 bits per heavy atom. The van der Waals surface area contributed by atoms with E-state index in [9.17, 15) is 0 Å². The number of anilines is 1. The average Bonchev–Trinajstić information content (AvgIpc) is 2.17. The van der Waals surface area contributed by atoms with E-state index in [1.807, 2.05) is 24.7 Å². The van der Waals surface area contributed by atoms with Crippen LogP contribution in [-0.4, -0.2) is 30.8 Å². The topological polar surface area (TPSA) is 28.5 Å². The summed E-state index contributed by atoms with van der Waals surface area (Å²) in [7, 11) is 3.86. The highest BCUT2D eigenvalue weighted by Crippen LogP contribution is 2.23. The molecule has 1 heterocycles. The van der Waals surface area contributed by atoms with Gasteiger partial charge in [-0.1, -0.05) is 0 Å². The Kier molecular flexibility index (Phi) is 3.45. The zero-order valence-corrected chi connectivity index (χ0v) is 10.2. The van der Waals surface area contributed by atoms with Crippen LogP contribution in [0.5, 0.6) is 0 Å². The number of hydrogen-bond donors (Lipinski definition) is 0. The third-order valence-corrected chi connectivity index (χ3v) is 2.46. The highest BCUT2D eigenvalue weighted by atomic mass is 15.2. The Bertz CT molecular complexity index is 350. The molecule has 3 nitrogen and oxygen atoms in total. The number of aliphatic imine (C=N–C) groups is 1. The summed E-state index contributed by atoms with van der Waals surface area (Å²) in [6.45, 7) is 6.54. The van der Waals surface area contributed by atoms with E-state index >= 15 is 0 Å². The molecule has 0 N–H and O–H groups in total. The van der Waals surface area contributed by atoms with Gasteiger partial charge in [-0.25, -0.2) is 0 Å². The zero-order valence-electron chi connectivity index (χ0n) is 10.2. The fourth-order valence-corrected chi connectivity index (χ4v) is 1.30. The number of rotatable bonds is 2. The minimum Gasteiger partial charge on any atom is -0.369 e. The lowest BCUT2D eigenvalue weighted by molar-refractivity contribution is 0.538. The lowest BCUT2D eigenvalue weighted by Crippen LogP contribution is -2.38. The molecule has 0 radical (unpaired) electrons. The molecular formula is C12H19N3. The molecule has 1 aromatic heterocycles. The van der Waals surface area contributed by atoms with Crippen LogP contribution in [-0.2, 0) is 0 Å². The van der Waals surface area contributed by atoms with Gasteiger partial charge < -0.3 is 4.90 Å². The maximum absolute atomic E-state index is 4.11. The smallest absolute Gasteiger partial charge is 0.0488 e. The fourth-order valence-electron chi connectivity index (χ4n) is 1.30. The van der Waals surface area contributed by atoms with Gasteiger partial charge in [0, 0.05) is 49.5 Å². The van der Waals surface area contributed by atoms with E-state index in [2.05, 4.69) is 42.7 Å². The largest absolute Gasteiger partial charge is 0.369 e. The first-order valence-electron chi connectivity index (χ1n) is 5.07. The lowest BCUT2D eigenvalue weighted by Gasteiger charge is -2.34. The van der Waals surface area contributed by atoms with Gasteiger partial charge in [0.2, 0.25) is 0 Å². The molecule has 0 aliphatic heterocycles. The van der Waals surface area contributed by atoms with Gasteiger partial charge in [-0.3, -0.25) is 9.98 Å². The van der Waals surface area contributed by atoms with Gasteiger partial charge in [-0.05, 0) is 26.8 Å². The van der Waals surface area contributed by atoms with Gasteiger partial charge in [0.1, 0.15) is 0 Å². The molecule has 0 fully saturated rings. The predicted molar refractivity (Wildman–Crippen MR) is 65.9 cm³/mol. The number of pyridine rings is 1. The highest BCUT2D eigenvalue weighted by Gasteiger charge is 2.19. The molecule has 0 aliphatic carbocycles. The van der Waals surface area contributed by atoms with Crippen LogP contribution < -0.4 is 4.90 Å². The zero-order chi connectivity index (χ0) is 11.5. The molecule has 0 aliphatic rings. The van der Waals surface area contributed by atoms with Crippen molar-refractivity contribution in [2.75, 3.05) is 19.0 Å². The lowest BCUT2D eigenvalue weighted by atomic mass is 10.0. The molecule has 0 aromatic carbocycles. The number of hydrogen-bond acceptors (Lipinski definition) is 3. The molecule has 0 unspecified atom stereocenters. The first-order valence-corrected chi connectivity index (χ1v) is 5.07. The van der Waals surface area contributed by atoms with Crippen molar-refractivity contribution in [3.63, 3.8) is 0 Å². The summed E-state index contributed by atoms with van der Waals surface area (Å²) >= 11 is 0. The maximum Gasteiger partial charge on any atom is 0.0488 e. The molecule has 0 saturated carbocycles. The van der Waals surface area contributed by atoms with Crippen LogP contribution in [0.1, 0.15) is 26.3 Å². The van der Waals surface area contributed by atoms with E-state index < -0.39 is 0 Å². The molecule has 1 aromatic rings. The van der Waals surface area contributed by atoms with Crippen LogP contribution >= 0.6 is 0 Å². The Morgan fingerprint density at radius 1 is 1.40 bits per heavy atom.